The summed E-state index contributed by atoms with van der Waals surface area (Å²) < 4.78 is 5.07. The van der Waals surface area contributed by atoms with E-state index in [2.05, 4.69) is 12.2 Å². The number of carbonyl (C=O) groups is 1. The average molecular weight is 203 g/mol. The number of ether oxygens (including phenoxy) is 1. The number of hydrogen-bond acceptors (Lipinski definition) is 2. The van der Waals surface area contributed by atoms with Crippen molar-refractivity contribution in [1.82, 2.24) is 5.32 Å². The van der Waals surface area contributed by atoms with Crippen LogP contribution < -0.4 is 5.32 Å². The van der Waals surface area contributed by atoms with E-state index in [0.717, 1.165) is 19.3 Å². The van der Waals surface area contributed by atoms with Crippen LogP contribution in [0, 0.1) is 0 Å². The third kappa shape index (κ3) is 11.3. The molecule has 0 bridgehead atoms. The summed E-state index contributed by atoms with van der Waals surface area (Å²) >= 11 is 0. The Balaban J connectivity index is 0. The van der Waals surface area contributed by atoms with Gasteiger partial charge in [-0.2, -0.15) is 0 Å². The van der Waals surface area contributed by atoms with Crippen LogP contribution in [0.25, 0.3) is 0 Å². The molecule has 86 valence electrons. The molecule has 0 heterocycles. The maximum atomic E-state index is 11.1. The molecule has 0 saturated heterocycles. The molecule has 0 aliphatic carbocycles. The number of nitrogens with one attached hydrogen (secondary N) is 1. The third-order valence-corrected chi connectivity index (χ3v) is 1.45. The molecule has 3 heteroatoms. The molecule has 1 amide bonds. The molecule has 14 heavy (non-hydrogen) atoms. The highest BCUT2D eigenvalue weighted by Crippen LogP contribution is 2.06. The molecule has 0 spiro atoms. The average Bonchev–Trinajstić information content (AvgIpc) is 1.94. The molecule has 0 aliphatic rings. The number of amides is 1. The molecule has 3 nitrogen and oxygen atoms in total. The van der Waals surface area contributed by atoms with Crippen LogP contribution >= 0.6 is 0 Å². The Labute approximate surface area is 88.2 Å². The molecule has 0 fully saturated rings. The number of rotatable bonds is 4. The Morgan fingerprint density at radius 3 is 2.29 bits per heavy atom. The largest absolute Gasteiger partial charge is 0.444 e. The van der Waals surface area contributed by atoms with Gasteiger partial charge in [0.05, 0.1) is 0 Å². The second kappa shape index (κ2) is 7.65. The minimum Gasteiger partial charge on any atom is -0.444 e. The van der Waals surface area contributed by atoms with Crippen molar-refractivity contribution >= 4 is 6.09 Å². The van der Waals surface area contributed by atoms with Gasteiger partial charge in [-0.3, -0.25) is 0 Å². The number of alkyl carbamates (subject to hydrolysis) is 1. The Kier molecular flexibility index (Phi) is 8.60. The number of unbranched alkanes of at least 4 members (excludes halogenated alkanes) is 2. The molecule has 0 aromatic heterocycles. The van der Waals surface area contributed by atoms with Crippen molar-refractivity contribution < 1.29 is 9.53 Å². The summed E-state index contributed by atoms with van der Waals surface area (Å²) in [5, 5.41) is 2.71. The number of carbonyl (C=O) groups excluding carboxylic acids is 1. The van der Waals surface area contributed by atoms with Crippen LogP contribution in [0.2, 0.25) is 0 Å². The lowest BCUT2D eigenvalue weighted by Gasteiger charge is -2.19. The summed E-state index contributed by atoms with van der Waals surface area (Å²) in [4.78, 5) is 11.1. The van der Waals surface area contributed by atoms with Gasteiger partial charge in [0.15, 0.2) is 0 Å². The maximum Gasteiger partial charge on any atom is 0.407 e. The fourth-order valence-corrected chi connectivity index (χ4v) is 0.880. The smallest absolute Gasteiger partial charge is 0.407 e. The molecule has 0 aromatic carbocycles. The van der Waals surface area contributed by atoms with Gasteiger partial charge in [-0.15, -0.1) is 0 Å². The van der Waals surface area contributed by atoms with Crippen LogP contribution in [0.15, 0.2) is 0 Å². The van der Waals surface area contributed by atoms with Crippen molar-refractivity contribution in [1.29, 1.82) is 0 Å². The van der Waals surface area contributed by atoms with Crippen molar-refractivity contribution in [2.75, 3.05) is 6.54 Å². The van der Waals surface area contributed by atoms with Gasteiger partial charge in [-0.05, 0) is 27.2 Å². The molecule has 0 rings (SSSR count). The van der Waals surface area contributed by atoms with Crippen molar-refractivity contribution in [2.45, 2.75) is 60.0 Å². The topological polar surface area (TPSA) is 38.3 Å². The van der Waals surface area contributed by atoms with Crippen molar-refractivity contribution in [3.05, 3.63) is 0 Å². The number of hydrogen-bond donors (Lipinski definition) is 1. The van der Waals surface area contributed by atoms with Crippen molar-refractivity contribution in [3.8, 4) is 0 Å². The zero-order valence-corrected chi connectivity index (χ0v) is 9.14. The van der Waals surface area contributed by atoms with E-state index in [1.54, 1.807) is 0 Å². The summed E-state index contributed by atoms with van der Waals surface area (Å²) in [6.45, 7) is 8.42. The van der Waals surface area contributed by atoms with E-state index in [9.17, 15) is 4.79 Å². The van der Waals surface area contributed by atoms with Gasteiger partial charge < -0.3 is 10.1 Å². The van der Waals surface area contributed by atoms with Gasteiger partial charge in [-0.25, -0.2) is 4.79 Å². The quantitative estimate of drug-likeness (QED) is 0.712. The van der Waals surface area contributed by atoms with Gasteiger partial charge >= 0.3 is 6.09 Å². The molecule has 0 radical (unpaired) electrons. The van der Waals surface area contributed by atoms with Crippen molar-refractivity contribution in [2.24, 2.45) is 0 Å². The zero-order chi connectivity index (χ0) is 10.3. The van der Waals surface area contributed by atoms with Crippen LogP contribution in [0.3, 0.4) is 0 Å². The molecule has 0 saturated carbocycles. The molecule has 0 aromatic rings. The molecule has 0 aliphatic heterocycles. The Morgan fingerprint density at radius 2 is 1.86 bits per heavy atom. The lowest BCUT2D eigenvalue weighted by Crippen LogP contribution is -2.32. The van der Waals surface area contributed by atoms with Crippen molar-refractivity contribution in [3.63, 3.8) is 0 Å². The molecule has 1 N–H and O–H groups in total. The Hall–Kier alpha value is -0.730. The minimum absolute atomic E-state index is 0. The van der Waals surface area contributed by atoms with E-state index >= 15 is 0 Å². The summed E-state index contributed by atoms with van der Waals surface area (Å²) in [5.74, 6) is 0. The van der Waals surface area contributed by atoms with Gasteiger partial charge in [-0.1, -0.05) is 27.2 Å². The summed E-state index contributed by atoms with van der Waals surface area (Å²) in [6.07, 6.45) is 3.02. The second-order valence-corrected chi connectivity index (χ2v) is 4.14. The summed E-state index contributed by atoms with van der Waals surface area (Å²) in [7, 11) is 0. The van der Waals surface area contributed by atoms with E-state index < -0.39 is 5.60 Å². The molecular weight excluding hydrogens is 178 g/mol. The van der Waals surface area contributed by atoms with Crippen LogP contribution in [0.1, 0.15) is 54.4 Å². The van der Waals surface area contributed by atoms with E-state index in [4.69, 9.17) is 4.74 Å². The van der Waals surface area contributed by atoms with Crippen LogP contribution in [0.5, 0.6) is 0 Å². The monoisotopic (exact) mass is 203 g/mol. The Morgan fingerprint density at radius 1 is 1.29 bits per heavy atom. The molecule has 0 unspecified atom stereocenters. The van der Waals surface area contributed by atoms with Crippen LogP contribution in [-0.4, -0.2) is 18.2 Å². The summed E-state index contributed by atoms with van der Waals surface area (Å²) in [5.41, 5.74) is -0.394. The first-order valence-electron chi connectivity index (χ1n) is 4.92. The molecular formula is C11H25NO2. The predicted molar refractivity (Wildman–Crippen MR) is 60.5 cm³/mol. The summed E-state index contributed by atoms with van der Waals surface area (Å²) in [6, 6.07) is 0. The van der Waals surface area contributed by atoms with Crippen LogP contribution in [-0.2, 0) is 4.74 Å². The van der Waals surface area contributed by atoms with E-state index in [1.165, 1.54) is 0 Å². The van der Waals surface area contributed by atoms with Crippen LogP contribution in [0.4, 0.5) is 4.79 Å². The molecule has 0 atom stereocenters. The normalized spacial score (nSPS) is 10.3. The standard InChI is InChI=1S/C10H21NO2.CH4/c1-5-6-7-8-11-9(12)13-10(2,3)4;/h5-8H2,1-4H3,(H,11,12);1H4. The first kappa shape index (κ1) is 15.7. The van der Waals surface area contributed by atoms with Gasteiger partial charge in [0, 0.05) is 6.54 Å². The first-order valence-corrected chi connectivity index (χ1v) is 4.92. The predicted octanol–water partition coefficient (Wildman–Crippen LogP) is 3.34. The van der Waals surface area contributed by atoms with E-state index in [1.807, 2.05) is 20.8 Å². The fraction of sp³-hybridized carbons (Fsp3) is 0.909. The zero-order valence-electron chi connectivity index (χ0n) is 9.14. The van der Waals surface area contributed by atoms with Gasteiger partial charge in [0.2, 0.25) is 0 Å². The Bertz CT molecular complexity index is 150. The lowest BCUT2D eigenvalue weighted by atomic mass is 10.2. The van der Waals surface area contributed by atoms with E-state index in [-0.39, 0.29) is 13.5 Å². The second-order valence-electron chi connectivity index (χ2n) is 4.14. The third-order valence-electron chi connectivity index (χ3n) is 1.45. The first-order chi connectivity index (χ1) is 5.95. The maximum absolute atomic E-state index is 11.1. The highest BCUT2D eigenvalue weighted by atomic mass is 16.6. The highest BCUT2D eigenvalue weighted by molar-refractivity contribution is 5.67. The van der Waals surface area contributed by atoms with E-state index in [0.29, 0.717) is 6.54 Å². The van der Waals surface area contributed by atoms with Gasteiger partial charge in [0.25, 0.3) is 0 Å². The lowest BCUT2D eigenvalue weighted by molar-refractivity contribution is 0.0527. The SMILES string of the molecule is C.CCCCCNC(=O)OC(C)(C)C. The highest BCUT2D eigenvalue weighted by Gasteiger charge is 2.15. The fourth-order valence-electron chi connectivity index (χ4n) is 0.880. The van der Waals surface area contributed by atoms with Gasteiger partial charge in [0.1, 0.15) is 5.60 Å². The minimum atomic E-state index is -0.394.